The molecule has 0 saturated heterocycles. The van der Waals surface area contributed by atoms with E-state index < -0.39 is 0 Å². The summed E-state index contributed by atoms with van der Waals surface area (Å²) in [4.78, 5) is 12.7. The Bertz CT molecular complexity index is 499. The summed E-state index contributed by atoms with van der Waals surface area (Å²) in [6.45, 7) is 6.26. The largest absolute Gasteiger partial charge is 0.491 e. The summed E-state index contributed by atoms with van der Waals surface area (Å²) in [5.74, 6) is 1.78. The maximum absolute atomic E-state index is 12.7. The van der Waals surface area contributed by atoms with Gasteiger partial charge in [-0.2, -0.15) is 0 Å². The van der Waals surface area contributed by atoms with Gasteiger partial charge in [-0.25, -0.2) is 0 Å². The molecule has 1 aliphatic carbocycles. The number of ether oxygens (including phenoxy) is 1. The van der Waals surface area contributed by atoms with Crippen LogP contribution in [0, 0.1) is 18.8 Å². The highest BCUT2D eigenvalue weighted by Crippen LogP contribution is 2.33. The summed E-state index contributed by atoms with van der Waals surface area (Å²) in [5.41, 5.74) is 1.84. The molecule has 0 radical (unpaired) electrons. The van der Waals surface area contributed by atoms with Gasteiger partial charge < -0.3 is 9.84 Å². The smallest absolute Gasteiger partial charge is 0.166 e. The minimum absolute atomic E-state index is 0.109. The molecule has 3 heteroatoms. The molecule has 1 aromatic carbocycles. The standard InChI is InChI=1S/C19H28O3/c1-13(2)22-18-12-17(7-4-14(18)3)19(21)16-8-5-15(6-9-16)10-11-20/h4,7,12-13,15-16,20H,5-6,8-11H2,1-3H3. The lowest BCUT2D eigenvalue weighted by molar-refractivity contribution is 0.0864. The first kappa shape index (κ1) is 17.0. The number of aliphatic hydroxyl groups excluding tert-OH is 1. The third-order valence-corrected chi connectivity index (χ3v) is 4.59. The second kappa shape index (κ2) is 7.77. The Labute approximate surface area is 133 Å². The fourth-order valence-corrected chi connectivity index (χ4v) is 3.27. The van der Waals surface area contributed by atoms with Gasteiger partial charge in [-0.3, -0.25) is 4.79 Å². The average Bonchev–Trinajstić information content (AvgIpc) is 2.49. The van der Waals surface area contributed by atoms with Crippen molar-refractivity contribution in [3.63, 3.8) is 0 Å². The molecule has 1 saturated carbocycles. The van der Waals surface area contributed by atoms with Gasteiger partial charge in [-0.05, 0) is 70.4 Å². The van der Waals surface area contributed by atoms with E-state index in [4.69, 9.17) is 9.84 Å². The van der Waals surface area contributed by atoms with Crippen molar-refractivity contribution in [3.8, 4) is 5.75 Å². The molecule has 1 fully saturated rings. The van der Waals surface area contributed by atoms with Crippen LogP contribution in [-0.2, 0) is 0 Å². The highest BCUT2D eigenvalue weighted by Gasteiger charge is 2.27. The van der Waals surface area contributed by atoms with E-state index in [1.807, 2.05) is 39.0 Å². The number of benzene rings is 1. The molecule has 3 nitrogen and oxygen atoms in total. The minimum atomic E-state index is 0.109. The first-order valence-electron chi connectivity index (χ1n) is 8.43. The molecule has 0 aromatic heterocycles. The van der Waals surface area contributed by atoms with Crippen molar-refractivity contribution in [1.82, 2.24) is 0 Å². The number of rotatable bonds is 6. The number of carbonyl (C=O) groups is 1. The Morgan fingerprint density at radius 1 is 1.27 bits per heavy atom. The van der Waals surface area contributed by atoms with Crippen LogP contribution in [0.5, 0.6) is 5.75 Å². The summed E-state index contributed by atoms with van der Waals surface area (Å²) >= 11 is 0. The van der Waals surface area contributed by atoms with Crippen LogP contribution in [0.25, 0.3) is 0 Å². The third-order valence-electron chi connectivity index (χ3n) is 4.59. The fourth-order valence-electron chi connectivity index (χ4n) is 3.27. The van der Waals surface area contributed by atoms with Crippen molar-refractivity contribution in [3.05, 3.63) is 29.3 Å². The molecule has 0 spiro atoms. The zero-order valence-electron chi connectivity index (χ0n) is 14.0. The van der Waals surface area contributed by atoms with Gasteiger partial charge >= 0.3 is 0 Å². The van der Waals surface area contributed by atoms with E-state index in [0.717, 1.165) is 49.0 Å². The van der Waals surface area contributed by atoms with Gasteiger partial charge in [-0.1, -0.05) is 12.1 Å². The molecule has 0 aliphatic heterocycles. The van der Waals surface area contributed by atoms with Crippen LogP contribution in [0.15, 0.2) is 18.2 Å². The number of hydrogen-bond donors (Lipinski definition) is 1. The van der Waals surface area contributed by atoms with Crippen LogP contribution >= 0.6 is 0 Å². The SMILES string of the molecule is Cc1ccc(C(=O)C2CCC(CCO)CC2)cc1OC(C)C. The minimum Gasteiger partial charge on any atom is -0.491 e. The van der Waals surface area contributed by atoms with E-state index in [2.05, 4.69) is 0 Å². The van der Waals surface area contributed by atoms with Crippen molar-refractivity contribution in [2.24, 2.45) is 11.8 Å². The lowest BCUT2D eigenvalue weighted by Crippen LogP contribution is -2.22. The van der Waals surface area contributed by atoms with Gasteiger partial charge in [0.1, 0.15) is 5.75 Å². The predicted molar refractivity (Wildman–Crippen MR) is 88.4 cm³/mol. The van der Waals surface area contributed by atoms with E-state index in [1.165, 1.54) is 0 Å². The molecule has 1 N–H and O–H groups in total. The van der Waals surface area contributed by atoms with Gasteiger partial charge in [0.25, 0.3) is 0 Å². The molecular formula is C19H28O3. The first-order valence-corrected chi connectivity index (χ1v) is 8.43. The van der Waals surface area contributed by atoms with Crippen LogP contribution in [0.3, 0.4) is 0 Å². The van der Waals surface area contributed by atoms with E-state index in [0.29, 0.717) is 5.92 Å². The second-order valence-electron chi connectivity index (χ2n) is 6.74. The fraction of sp³-hybridized carbons (Fsp3) is 0.632. The van der Waals surface area contributed by atoms with Gasteiger partial charge in [-0.15, -0.1) is 0 Å². The van der Waals surface area contributed by atoms with Gasteiger partial charge in [0, 0.05) is 18.1 Å². The van der Waals surface area contributed by atoms with Crippen molar-refractivity contribution >= 4 is 5.78 Å². The van der Waals surface area contributed by atoms with Crippen molar-refractivity contribution in [2.75, 3.05) is 6.61 Å². The number of hydrogen-bond acceptors (Lipinski definition) is 3. The van der Waals surface area contributed by atoms with E-state index in [-0.39, 0.29) is 24.4 Å². The normalized spacial score (nSPS) is 21.9. The second-order valence-corrected chi connectivity index (χ2v) is 6.74. The quantitative estimate of drug-likeness (QED) is 0.803. The Hall–Kier alpha value is -1.35. The summed E-state index contributed by atoms with van der Waals surface area (Å²) in [5, 5.41) is 9.02. The maximum atomic E-state index is 12.7. The van der Waals surface area contributed by atoms with Crippen molar-refractivity contribution in [2.45, 2.75) is 59.0 Å². The van der Waals surface area contributed by atoms with Crippen LogP contribution in [-0.4, -0.2) is 23.6 Å². The number of aryl methyl sites for hydroxylation is 1. The lowest BCUT2D eigenvalue weighted by atomic mass is 9.77. The summed E-state index contributed by atoms with van der Waals surface area (Å²) in [6, 6.07) is 5.80. The molecule has 0 heterocycles. The van der Waals surface area contributed by atoms with Crippen molar-refractivity contribution < 1.29 is 14.6 Å². The molecular weight excluding hydrogens is 276 g/mol. The molecule has 1 aliphatic rings. The molecule has 0 bridgehead atoms. The van der Waals surface area contributed by atoms with Gasteiger partial charge in [0.2, 0.25) is 0 Å². The van der Waals surface area contributed by atoms with E-state index in [1.54, 1.807) is 0 Å². The average molecular weight is 304 g/mol. The molecule has 122 valence electrons. The highest BCUT2D eigenvalue weighted by molar-refractivity contribution is 5.98. The zero-order valence-corrected chi connectivity index (χ0v) is 14.0. The number of Topliss-reactive ketones (excluding diaryl/α,β-unsaturated/α-hetero) is 1. The predicted octanol–water partition coefficient (Wildman–Crippen LogP) is 4.15. The monoisotopic (exact) mass is 304 g/mol. The highest BCUT2D eigenvalue weighted by atomic mass is 16.5. The van der Waals surface area contributed by atoms with E-state index >= 15 is 0 Å². The number of carbonyl (C=O) groups excluding carboxylic acids is 1. The first-order chi connectivity index (χ1) is 10.5. The molecule has 0 unspecified atom stereocenters. The third kappa shape index (κ3) is 4.33. The van der Waals surface area contributed by atoms with Crippen LogP contribution in [0.2, 0.25) is 0 Å². The summed E-state index contributed by atoms with van der Waals surface area (Å²) in [6.07, 6.45) is 4.97. The molecule has 22 heavy (non-hydrogen) atoms. The van der Waals surface area contributed by atoms with Gasteiger partial charge in [0.05, 0.1) is 6.10 Å². The van der Waals surface area contributed by atoms with Crippen molar-refractivity contribution in [1.29, 1.82) is 0 Å². The zero-order chi connectivity index (χ0) is 16.1. The molecule has 2 rings (SSSR count). The Balaban J connectivity index is 2.04. The summed E-state index contributed by atoms with van der Waals surface area (Å²) < 4.78 is 5.79. The van der Waals surface area contributed by atoms with Crippen LogP contribution in [0.1, 0.15) is 61.9 Å². The van der Waals surface area contributed by atoms with Crippen LogP contribution < -0.4 is 4.74 Å². The maximum Gasteiger partial charge on any atom is 0.166 e. The molecule has 1 aromatic rings. The Morgan fingerprint density at radius 3 is 2.55 bits per heavy atom. The van der Waals surface area contributed by atoms with E-state index in [9.17, 15) is 4.79 Å². The molecule has 0 atom stereocenters. The number of aliphatic hydroxyl groups is 1. The van der Waals surface area contributed by atoms with Crippen LogP contribution in [0.4, 0.5) is 0 Å². The topological polar surface area (TPSA) is 46.5 Å². The summed E-state index contributed by atoms with van der Waals surface area (Å²) in [7, 11) is 0. The number of ketones is 1. The Kier molecular flexibility index (Phi) is 6.01. The van der Waals surface area contributed by atoms with Gasteiger partial charge in [0.15, 0.2) is 5.78 Å². The lowest BCUT2D eigenvalue weighted by Gasteiger charge is -2.27. The Morgan fingerprint density at radius 2 is 1.95 bits per heavy atom. The molecule has 0 amide bonds.